The molecule has 116 valence electrons. The number of rotatable bonds is 2. The first-order valence-electron chi connectivity index (χ1n) is 6.82. The Morgan fingerprint density at radius 2 is 2.05 bits per heavy atom. The van der Waals surface area contributed by atoms with Gasteiger partial charge in [-0.15, -0.1) is 0 Å². The van der Waals surface area contributed by atoms with Crippen LogP contribution < -0.4 is 0 Å². The van der Waals surface area contributed by atoms with Gasteiger partial charge in [-0.2, -0.15) is 0 Å². The standard InChI is InChI=1S/C14H17BrClNO3S/c1-10-3-2-7-17(8-6-10)14(18)11-4-5-12(15)13(9-11)21(16,19)20/h4-5,9-10H,2-3,6-8H2,1H3. The van der Waals surface area contributed by atoms with Crippen molar-refractivity contribution in [3.8, 4) is 0 Å². The summed E-state index contributed by atoms with van der Waals surface area (Å²) >= 11 is 3.14. The Hall–Kier alpha value is -0.590. The van der Waals surface area contributed by atoms with Crippen LogP contribution in [0.4, 0.5) is 0 Å². The summed E-state index contributed by atoms with van der Waals surface area (Å²) in [6, 6.07) is 4.50. The van der Waals surface area contributed by atoms with Crippen molar-refractivity contribution >= 4 is 41.6 Å². The highest BCUT2D eigenvalue weighted by Crippen LogP contribution is 2.27. The van der Waals surface area contributed by atoms with Gasteiger partial charge in [-0.3, -0.25) is 4.79 Å². The Morgan fingerprint density at radius 3 is 2.71 bits per heavy atom. The minimum Gasteiger partial charge on any atom is -0.339 e. The Labute approximate surface area is 138 Å². The molecule has 0 saturated carbocycles. The summed E-state index contributed by atoms with van der Waals surface area (Å²) in [5.41, 5.74) is 0.354. The van der Waals surface area contributed by atoms with E-state index in [4.69, 9.17) is 10.7 Å². The summed E-state index contributed by atoms with van der Waals surface area (Å²) < 4.78 is 23.4. The van der Waals surface area contributed by atoms with Crippen molar-refractivity contribution in [2.75, 3.05) is 13.1 Å². The predicted molar refractivity (Wildman–Crippen MR) is 86.1 cm³/mol. The third-order valence-corrected chi connectivity index (χ3v) is 6.06. The number of benzene rings is 1. The van der Waals surface area contributed by atoms with E-state index in [9.17, 15) is 13.2 Å². The van der Waals surface area contributed by atoms with Crippen LogP contribution in [-0.2, 0) is 9.05 Å². The van der Waals surface area contributed by atoms with Gasteiger partial charge in [-0.25, -0.2) is 8.42 Å². The monoisotopic (exact) mass is 393 g/mol. The van der Waals surface area contributed by atoms with Crippen LogP contribution in [-0.4, -0.2) is 32.3 Å². The smallest absolute Gasteiger partial charge is 0.262 e. The highest BCUT2D eigenvalue weighted by Gasteiger charge is 2.22. The molecule has 1 aromatic rings. The van der Waals surface area contributed by atoms with Crippen LogP contribution in [0.25, 0.3) is 0 Å². The summed E-state index contributed by atoms with van der Waals surface area (Å²) in [4.78, 5) is 14.2. The first-order chi connectivity index (χ1) is 9.79. The molecule has 2 rings (SSSR count). The maximum absolute atomic E-state index is 12.5. The van der Waals surface area contributed by atoms with Gasteiger partial charge in [-0.05, 0) is 59.3 Å². The molecule has 1 aromatic carbocycles. The maximum Gasteiger partial charge on any atom is 0.262 e. The average Bonchev–Trinajstić information content (AvgIpc) is 2.62. The SMILES string of the molecule is CC1CCCN(C(=O)c2ccc(Br)c(S(=O)(=O)Cl)c2)CC1. The molecule has 7 heteroatoms. The minimum atomic E-state index is -3.88. The van der Waals surface area contributed by atoms with Crippen molar-refractivity contribution in [2.45, 2.75) is 31.1 Å². The zero-order chi connectivity index (χ0) is 15.6. The van der Waals surface area contributed by atoms with E-state index in [-0.39, 0.29) is 10.8 Å². The Bertz CT molecular complexity index is 648. The number of halogens is 2. The third-order valence-electron chi connectivity index (χ3n) is 3.74. The molecule has 0 aliphatic carbocycles. The quantitative estimate of drug-likeness (QED) is 0.720. The number of carbonyl (C=O) groups is 1. The fourth-order valence-electron chi connectivity index (χ4n) is 2.47. The van der Waals surface area contributed by atoms with Crippen molar-refractivity contribution in [2.24, 2.45) is 5.92 Å². The highest BCUT2D eigenvalue weighted by atomic mass is 79.9. The average molecular weight is 395 g/mol. The minimum absolute atomic E-state index is 0.0711. The first kappa shape index (κ1) is 16.8. The van der Waals surface area contributed by atoms with E-state index < -0.39 is 9.05 Å². The Morgan fingerprint density at radius 1 is 1.33 bits per heavy atom. The molecule has 1 atom stereocenters. The number of hydrogen-bond acceptors (Lipinski definition) is 3. The van der Waals surface area contributed by atoms with Gasteiger partial charge in [0.25, 0.3) is 15.0 Å². The van der Waals surface area contributed by atoms with Crippen molar-refractivity contribution < 1.29 is 13.2 Å². The summed E-state index contributed by atoms with van der Waals surface area (Å²) in [6.07, 6.45) is 3.07. The van der Waals surface area contributed by atoms with Crippen LogP contribution in [0.3, 0.4) is 0 Å². The zero-order valence-electron chi connectivity index (χ0n) is 11.7. The number of likely N-dealkylation sites (tertiary alicyclic amines) is 1. The molecule has 4 nitrogen and oxygen atoms in total. The van der Waals surface area contributed by atoms with E-state index >= 15 is 0 Å². The summed E-state index contributed by atoms with van der Waals surface area (Å²) in [6.45, 7) is 3.60. The van der Waals surface area contributed by atoms with Gasteiger partial charge in [0.1, 0.15) is 0 Å². The summed E-state index contributed by atoms with van der Waals surface area (Å²) in [5.74, 6) is 0.477. The summed E-state index contributed by atoms with van der Waals surface area (Å²) in [5, 5.41) is 0. The second kappa shape index (κ2) is 6.67. The molecule has 1 heterocycles. The van der Waals surface area contributed by atoms with Crippen molar-refractivity contribution in [3.05, 3.63) is 28.2 Å². The van der Waals surface area contributed by atoms with E-state index in [1.54, 1.807) is 17.0 Å². The van der Waals surface area contributed by atoms with Crippen LogP contribution in [0.1, 0.15) is 36.5 Å². The van der Waals surface area contributed by atoms with Gasteiger partial charge in [0.15, 0.2) is 0 Å². The van der Waals surface area contributed by atoms with Crippen LogP contribution in [0, 0.1) is 5.92 Å². The topological polar surface area (TPSA) is 54.5 Å². The van der Waals surface area contributed by atoms with E-state index in [2.05, 4.69) is 22.9 Å². The van der Waals surface area contributed by atoms with E-state index in [0.717, 1.165) is 19.3 Å². The Kier molecular flexibility index (Phi) is 5.33. The molecule has 0 radical (unpaired) electrons. The van der Waals surface area contributed by atoms with Gasteiger partial charge in [0, 0.05) is 33.8 Å². The lowest BCUT2D eigenvalue weighted by molar-refractivity contribution is 0.0760. The van der Waals surface area contributed by atoms with Gasteiger partial charge >= 0.3 is 0 Å². The maximum atomic E-state index is 12.5. The van der Waals surface area contributed by atoms with E-state index in [1.807, 2.05) is 0 Å². The van der Waals surface area contributed by atoms with Crippen molar-refractivity contribution in [3.63, 3.8) is 0 Å². The van der Waals surface area contributed by atoms with Gasteiger partial charge in [-0.1, -0.05) is 6.92 Å². The fraction of sp³-hybridized carbons (Fsp3) is 0.500. The van der Waals surface area contributed by atoms with Gasteiger partial charge in [0.05, 0.1) is 4.90 Å². The lowest BCUT2D eigenvalue weighted by Crippen LogP contribution is -2.32. The molecular formula is C14H17BrClNO3S. The van der Waals surface area contributed by atoms with Gasteiger partial charge < -0.3 is 4.90 Å². The van der Waals surface area contributed by atoms with Crippen LogP contribution in [0.2, 0.25) is 0 Å². The molecule has 0 spiro atoms. The molecule has 1 fully saturated rings. The number of carbonyl (C=O) groups excluding carboxylic acids is 1. The molecule has 0 bridgehead atoms. The molecule has 1 saturated heterocycles. The predicted octanol–water partition coefficient (Wildman–Crippen LogP) is 3.64. The first-order valence-corrected chi connectivity index (χ1v) is 9.93. The largest absolute Gasteiger partial charge is 0.339 e. The molecule has 0 aromatic heterocycles. The summed E-state index contributed by atoms with van der Waals surface area (Å²) in [7, 11) is 1.51. The highest BCUT2D eigenvalue weighted by molar-refractivity contribution is 9.10. The lowest BCUT2D eigenvalue weighted by atomic mass is 10.0. The lowest BCUT2D eigenvalue weighted by Gasteiger charge is -2.20. The number of amides is 1. The second-order valence-electron chi connectivity index (χ2n) is 5.41. The van der Waals surface area contributed by atoms with Gasteiger partial charge in [0.2, 0.25) is 0 Å². The molecule has 1 unspecified atom stereocenters. The van der Waals surface area contributed by atoms with Crippen LogP contribution in [0.5, 0.6) is 0 Å². The van der Waals surface area contributed by atoms with Crippen molar-refractivity contribution in [1.82, 2.24) is 4.90 Å². The van der Waals surface area contributed by atoms with Crippen LogP contribution in [0.15, 0.2) is 27.6 Å². The van der Waals surface area contributed by atoms with Crippen molar-refractivity contribution in [1.29, 1.82) is 0 Å². The third kappa shape index (κ3) is 4.20. The molecule has 1 aliphatic heterocycles. The number of hydrogen-bond donors (Lipinski definition) is 0. The molecular weight excluding hydrogens is 378 g/mol. The van der Waals surface area contributed by atoms with Crippen LogP contribution >= 0.6 is 26.6 Å². The van der Waals surface area contributed by atoms with E-state index in [1.165, 1.54) is 6.07 Å². The Balaban J connectivity index is 2.27. The molecule has 1 amide bonds. The molecule has 0 N–H and O–H groups in total. The second-order valence-corrected chi connectivity index (χ2v) is 8.80. The zero-order valence-corrected chi connectivity index (χ0v) is 14.8. The van der Waals surface area contributed by atoms with E-state index in [0.29, 0.717) is 29.0 Å². The molecule has 21 heavy (non-hydrogen) atoms. The normalized spacial score (nSPS) is 20.1. The number of nitrogens with zero attached hydrogens (tertiary/aromatic N) is 1. The molecule has 1 aliphatic rings. The fourth-order valence-corrected chi connectivity index (χ4v) is 4.59.